The molecule has 0 atom stereocenters. The van der Waals surface area contributed by atoms with Gasteiger partial charge in [0.25, 0.3) is 11.6 Å². The van der Waals surface area contributed by atoms with E-state index in [0.717, 1.165) is 25.0 Å². The van der Waals surface area contributed by atoms with Crippen LogP contribution >= 0.6 is 0 Å². The van der Waals surface area contributed by atoms with Gasteiger partial charge in [-0.05, 0) is 31.2 Å². The van der Waals surface area contributed by atoms with Gasteiger partial charge in [-0.3, -0.25) is 14.9 Å². The largest absolute Gasteiger partial charge is 0.352 e. The molecule has 1 saturated carbocycles. The number of hydrogen-bond donors (Lipinski definition) is 1. The molecular formula is C12H13FN2O3. The Bertz CT molecular complexity index is 512. The molecule has 1 aliphatic carbocycles. The number of nitro benzene ring substituents is 1. The molecule has 1 fully saturated rings. The highest BCUT2D eigenvalue weighted by atomic mass is 19.1. The molecule has 0 unspecified atom stereocenters. The Morgan fingerprint density at radius 2 is 2.22 bits per heavy atom. The summed E-state index contributed by atoms with van der Waals surface area (Å²) in [6.07, 6.45) is 2.13. The first-order valence-corrected chi connectivity index (χ1v) is 5.71. The van der Waals surface area contributed by atoms with Crippen LogP contribution in [0.3, 0.4) is 0 Å². The minimum absolute atomic E-state index is 0.0979. The summed E-state index contributed by atoms with van der Waals surface area (Å²) >= 11 is 0. The summed E-state index contributed by atoms with van der Waals surface area (Å²) < 4.78 is 13.8. The molecular weight excluding hydrogens is 239 g/mol. The van der Waals surface area contributed by atoms with Crippen molar-refractivity contribution in [3.63, 3.8) is 0 Å². The van der Waals surface area contributed by atoms with Gasteiger partial charge < -0.3 is 5.32 Å². The van der Waals surface area contributed by atoms with Crippen molar-refractivity contribution in [1.29, 1.82) is 0 Å². The minimum Gasteiger partial charge on any atom is -0.352 e. The predicted molar refractivity (Wildman–Crippen MR) is 62.8 cm³/mol. The number of benzene rings is 1. The van der Waals surface area contributed by atoms with E-state index in [-0.39, 0.29) is 16.8 Å². The van der Waals surface area contributed by atoms with Crippen LogP contribution < -0.4 is 5.32 Å². The number of carbonyl (C=O) groups excluding carboxylic acids is 1. The Morgan fingerprint density at radius 1 is 1.56 bits per heavy atom. The van der Waals surface area contributed by atoms with Crippen molar-refractivity contribution in [3.8, 4) is 0 Å². The van der Waals surface area contributed by atoms with Gasteiger partial charge in [-0.1, -0.05) is 0 Å². The van der Waals surface area contributed by atoms with Crippen molar-refractivity contribution in [2.24, 2.45) is 5.92 Å². The van der Waals surface area contributed by atoms with Crippen LogP contribution in [0.5, 0.6) is 0 Å². The molecule has 18 heavy (non-hydrogen) atoms. The number of rotatable bonds is 4. The molecule has 0 heterocycles. The lowest BCUT2D eigenvalue weighted by molar-refractivity contribution is -0.385. The van der Waals surface area contributed by atoms with Gasteiger partial charge in [0.1, 0.15) is 5.82 Å². The van der Waals surface area contributed by atoms with Crippen LogP contribution in [0.2, 0.25) is 0 Å². The Morgan fingerprint density at radius 3 is 2.78 bits per heavy atom. The van der Waals surface area contributed by atoms with Gasteiger partial charge in [0.2, 0.25) is 0 Å². The van der Waals surface area contributed by atoms with Gasteiger partial charge >= 0.3 is 0 Å². The van der Waals surface area contributed by atoms with Crippen molar-refractivity contribution in [1.82, 2.24) is 5.32 Å². The van der Waals surface area contributed by atoms with Crippen LogP contribution in [0.4, 0.5) is 10.1 Å². The number of nitrogens with zero attached hydrogens (tertiary/aromatic N) is 1. The van der Waals surface area contributed by atoms with E-state index in [9.17, 15) is 19.3 Å². The van der Waals surface area contributed by atoms with Crippen LogP contribution in [0.15, 0.2) is 12.1 Å². The summed E-state index contributed by atoms with van der Waals surface area (Å²) in [4.78, 5) is 21.8. The molecule has 0 aromatic heterocycles. The van der Waals surface area contributed by atoms with Gasteiger partial charge in [0.15, 0.2) is 0 Å². The van der Waals surface area contributed by atoms with Crippen LogP contribution in [-0.2, 0) is 0 Å². The highest BCUT2D eigenvalue weighted by Gasteiger charge is 2.24. The van der Waals surface area contributed by atoms with Crippen LogP contribution in [0, 0.1) is 28.8 Å². The highest BCUT2D eigenvalue weighted by Crippen LogP contribution is 2.28. The number of amides is 1. The van der Waals surface area contributed by atoms with Crippen molar-refractivity contribution >= 4 is 11.6 Å². The summed E-state index contributed by atoms with van der Waals surface area (Å²) in [5.41, 5.74) is -0.436. The van der Waals surface area contributed by atoms with E-state index >= 15 is 0 Å². The first-order valence-electron chi connectivity index (χ1n) is 5.71. The molecule has 0 radical (unpaired) electrons. The second-order valence-corrected chi connectivity index (χ2v) is 4.53. The first kappa shape index (κ1) is 12.5. The zero-order valence-corrected chi connectivity index (χ0v) is 9.90. The van der Waals surface area contributed by atoms with E-state index in [4.69, 9.17) is 0 Å². The van der Waals surface area contributed by atoms with E-state index in [1.54, 1.807) is 0 Å². The second-order valence-electron chi connectivity index (χ2n) is 4.53. The lowest BCUT2D eigenvalue weighted by atomic mass is 10.1. The third kappa shape index (κ3) is 2.64. The standard InChI is InChI=1S/C12H13FN2O3/c1-7-4-9(15(17)18)5-10(11(7)13)12(16)14-6-8-2-3-8/h4-5,8H,2-3,6H2,1H3,(H,14,16). The van der Waals surface area contributed by atoms with Crippen molar-refractivity contribution in [3.05, 3.63) is 39.2 Å². The number of carbonyl (C=O) groups is 1. The van der Waals surface area contributed by atoms with Gasteiger partial charge in [0.05, 0.1) is 10.5 Å². The van der Waals surface area contributed by atoms with Gasteiger partial charge in [-0.2, -0.15) is 0 Å². The maximum atomic E-state index is 13.8. The topological polar surface area (TPSA) is 72.2 Å². The Kier molecular flexibility index (Phi) is 3.27. The summed E-state index contributed by atoms with van der Waals surface area (Å²) in [5, 5.41) is 13.3. The predicted octanol–water partition coefficient (Wildman–Crippen LogP) is 2.18. The molecule has 0 saturated heterocycles. The number of non-ortho nitro benzene ring substituents is 1. The van der Waals surface area contributed by atoms with E-state index in [1.165, 1.54) is 6.92 Å². The molecule has 2 rings (SSSR count). The first-order chi connectivity index (χ1) is 8.49. The molecule has 0 spiro atoms. The number of nitro groups is 1. The summed E-state index contributed by atoms with van der Waals surface area (Å²) in [6.45, 7) is 1.90. The van der Waals surface area contributed by atoms with E-state index in [2.05, 4.69) is 5.32 Å². The summed E-state index contributed by atoms with van der Waals surface area (Å²) in [6, 6.07) is 2.09. The fourth-order valence-corrected chi connectivity index (χ4v) is 1.68. The molecule has 0 aliphatic heterocycles. The average molecular weight is 252 g/mol. The molecule has 1 N–H and O–H groups in total. The van der Waals surface area contributed by atoms with Crippen LogP contribution in [0.25, 0.3) is 0 Å². The quantitative estimate of drug-likeness (QED) is 0.659. The van der Waals surface area contributed by atoms with E-state index in [1.807, 2.05) is 0 Å². The lowest BCUT2D eigenvalue weighted by Gasteiger charge is -2.07. The normalized spacial score (nSPS) is 14.3. The second kappa shape index (κ2) is 4.72. The molecule has 0 bridgehead atoms. The third-order valence-corrected chi connectivity index (χ3v) is 2.94. The minimum atomic E-state index is -0.700. The van der Waals surface area contributed by atoms with E-state index in [0.29, 0.717) is 12.5 Å². The third-order valence-electron chi connectivity index (χ3n) is 2.94. The summed E-state index contributed by atoms with van der Waals surface area (Å²) in [7, 11) is 0. The molecule has 6 heteroatoms. The van der Waals surface area contributed by atoms with Crippen molar-refractivity contribution < 1.29 is 14.1 Å². The van der Waals surface area contributed by atoms with Gasteiger partial charge in [0, 0.05) is 18.7 Å². The fraction of sp³-hybridized carbons (Fsp3) is 0.417. The smallest absolute Gasteiger partial charge is 0.270 e. The molecule has 1 amide bonds. The number of hydrogen-bond acceptors (Lipinski definition) is 3. The SMILES string of the molecule is Cc1cc([N+](=O)[O-])cc(C(=O)NCC2CC2)c1F. The molecule has 1 aliphatic rings. The Labute approximate surface area is 103 Å². The fourth-order valence-electron chi connectivity index (χ4n) is 1.68. The van der Waals surface area contributed by atoms with Crippen molar-refractivity contribution in [2.75, 3.05) is 6.54 Å². The van der Waals surface area contributed by atoms with Gasteiger partial charge in [-0.15, -0.1) is 0 Å². The molecule has 96 valence electrons. The average Bonchev–Trinajstić information content (AvgIpc) is 3.13. The summed E-state index contributed by atoms with van der Waals surface area (Å²) in [5.74, 6) is -0.822. The number of halogens is 1. The Balaban J connectivity index is 2.23. The molecule has 5 nitrogen and oxygen atoms in total. The van der Waals surface area contributed by atoms with Gasteiger partial charge in [-0.25, -0.2) is 4.39 Å². The van der Waals surface area contributed by atoms with Crippen molar-refractivity contribution in [2.45, 2.75) is 19.8 Å². The number of aryl methyl sites for hydroxylation is 1. The monoisotopic (exact) mass is 252 g/mol. The maximum Gasteiger partial charge on any atom is 0.270 e. The lowest BCUT2D eigenvalue weighted by Crippen LogP contribution is -2.26. The zero-order valence-electron chi connectivity index (χ0n) is 9.90. The maximum absolute atomic E-state index is 13.8. The molecule has 1 aromatic carbocycles. The number of nitrogens with one attached hydrogen (secondary N) is 1. The zero-order chi connectivity index (χ0) is 13.3. The van der Waals surface area contributed by atoms with Crippen LogP contribution in [-0.4, -0.2) is 17.4 Å². The Hall–Kier alpha value is -1.98. The van der Waals surface area contributed by atoms with Crippen LogP contribution in [0.1, 0.15) is 28.8 Å². The molecule has 1 aromatic rings. The van der Waals surface area contributed by atoms with E-state index < -0.39 is 16.6 Å². The highest BCUT2D eigenvalue weighted by molar-refractivity contribution is 5.95.